The smallest absolute Gasteiger partial charge is 0.252 e. The second kappa shape index (κ2) is 8.78. The van der Waals surface area contributed by atoms with Crippen molar-refractivity contribution in [1.82, 2.24) is 10.3 Å². The molecule has 0 fully saturated rings. The molecule has 1 aromatic carbocycles. The minimum atomic E-state index is -0.127. The van der Waals surface area contributed by atoms with E-state index in [1.54, 1.807) is 48.4 Å². The quantitative estimate of drug-likeness (QED) is 0.690. The summed E-state index contributed by atoms with van der Waals surface area (Å²) >= 11 is 19.8. The summed E-state index contributed by atoms with van der Waals surface area (Å²) in [6.45, 7) is 2.61. The summed E-state index contributed by atoms with van der Waals surface area (Å²) in [5.74, 6) is 0.898. The minimum absolute atomic E-state index is 0.127. The first-order valence-corrected chi connectivity index (χ1v) is 9.05. The van der Waals surface area contributed by atoms with Crippen molar-refractivity contribution in [3.05, 3.63) is 57.3 Å². The third-order valence-electron chi connectivity index (χ3n) is 3.01. The van der Waals surface area contributed by atoms with Crippen molar-refractivity contribution in [2.75, 3.05) is 12.3 Å². The van der Waals surface area contributed by atoms with Crippen LogP contribution in [-0.4, -0.2) is 23.2 Å². The summed E-state index contributed by atoms with van der Waals surface area (Å²) in [5, 5.41) is 4.49. The van der Waals surface area contributed by atoms with Crippen LogP contribution in [0, 0.1) is 5.92 Å². The Labute approximate surface area is 154 Å². The number of halogens is 3. The number of hydrogen-bond acceptors (Lipinski definition) is 3. The first-order chi connectivity index (χ1) is 11.0. The summed E-state index contributed by atoms with van der Waals surface area (Å²) in [4.78, 5) is 16.7. The Morgan fingerprint density at radius 1 is 1.30 bits per heavy atom. The molecule has 0 aliphatic carbocycles. The van der Waals surface area contributed by atoms with E-state index in [2.05, 4.69) is 10.3 Å². The van der Waals surface area contributed by atoms with Crippen molar-refractivity contribution in [3.63, 3.8) is 0 Å². The van der Waals surface area contributed by atoms with Crippen molar-refractivity contribution in [3.8, 4) is 0 Å². The molecule has 7 heteroatoms. The first-order valence-electron chi connectivity index (χ1n) is 6.93. The van der Waals surface area contributed by atoms with E-state index in [-0.39, 0.29) is 11.8 Å². The Bertz CT molecular complexity index is 659. The molecule has 0 aliphatic rings. The Balaban J connectivity index is 1.84. The maximum absolute atomic E-state index is 12.0. The number of pyridine rings is 1. The lowest BCUT2D eigenvalue weighted by Gasteiger charge is -2.14. The van der Waals surface area contributed by atoms with Gasteiger partial charge in [0.1, 0.15) is 0 Å². The molecule has 0 aliphatic heterocycles. The van der Waals surface area contributed by atoms with Crippen molar-refractivity contribution >= 4 is 52.5 Å². The molecule has 0 bridgehead atoms. The van der Waals surface area contributed by atoms with E-state index in [1.807, 2.05) is 6.92 Å². The van der Waals surface area contributed by atoms with Crippen LogP contribution in [0.3, 0.4) is 0 Å². The fraction of sp³-hybridized carbons (Fsp3) is 0.250. The first kappa shape index (κ1) is 18.4. The largest absolute Gasteiger partial charge is 0.352 e. The number of carbonyl (C=O) groups excluding carboxylic acids is 1. The van der Waals surface area contributed by atoms with Crippen LogP contribution in [0.5, 0.6) is 0 Å². The van der Waals surface area contributed by atoms with E-state index >= 15 is 0 Å². The van der Waals surface area contributed by atoms with Crippen molar-refractivity contribution in [2.24, 2.45) is 5.92 Å². The number of nitrogens with zero attached hydrogens (tertiary/aromatic N) is 1. The van der Waals surface area contributed by atoms with Gasteiger partial charge >= 0.3 is 0 Å². The van der Waals surface area contributed by atoms with Gasteiger partial charge in [-0.25, -0.2) is 0 Å². The zero-order valence-corrected chi connectivity index (χ0v) is 15.4. The van der Waals surface area contributed by atoms with E-state index < -0.39 is 0 Å². The van der Waals surface area contributed by atoms with Crippen LogP contribution >= 0.6 is 46.6 Å². The second-order valence-corrected chi connectivity index (χ2v) is 7.35. The standard InChI is InChI=1S/C16H15Cl3N2OS/c1-10(7-21-16(22)11-3-2-4-20-8-11)9-23-15-13(18)5-12(17)6-14(15)19/h2-6,8,10H,7,9H2,1H3,(H,21,22). The van der Waals surface area contributed by atoms with Crippen molar-refractivity contribution in [2.45, 2.75) is 11.8 Å². The molecular formula is C16H15Cl3N2OS. The van der Waals surface area contributed by atoms with Gasteiger partial charge in [0.05, 0.1) is 15.6 Å². The van der Waals surface area contributed by atoms with Gasteiger partial charge < -0.3 is 5.32 Å². The predicted molar refractivity (Wildman–Crippen MR) is 97.9 cm³/mol. The van der Waals surface area contributed by atoms with Crippen LogP contribution in [0.4, 0.5) is 0 Å². The summed E-state index contributed by atoms with van der Waals surface area (Å²) in [7, 11) is 0. The van der Waals surface area contributed by atoms with Crippen molar-refractivity contribution in [1.29, 1.82) is 0 Å². The van der Waals surface area contributed by atoms with Crippen molar-refractivity contribution < 1.29 is 4.79 Å². The maximum Gasteiger partial charge on any atom is 0.252 e. The number of carbonyl (C=O) groups is 1. The zero-order chi connectivity index (χ0) is 16.8. The minimum Gasteiger partial charge on any atom is -0.352 e. The third kappa shape index (κ3) is 5.57. The Kier molecular flexibility index (Phi) is 7.03. The molecule has 2 aromatic rings. The molecule has 2 rings (SSSR count). The number of aromatic nitrogens is 1. The van der Waals surface area contributed by atoms with Gasteiger partial charge in [0.15, 0.2) is 0 Å². The molecule has 1 unspecified atom stereocenters. The normalized spacial score (nSPS) is 12.0. The lowest BCUT2D eigenvalue weighted by Crippen LogP contribution is -2.29. The van der Waals surface area contributed by atoms with E-state index in [0.717, 1.165) is 10.6 Å². The van der Waals surface area contributed by atoms with Gasteiger partial charge in [-0.1, -0.05) is 41.7 Å². The van der Waals surface area contributed by atoms with Crippen LogP contribution in [0.25, 0.3) is 0 Å². The molecule has 1 amide bonds. The fourth-order valence-corrected chi connectivity index (χ4v) is 3.92. The fourth-order valence-electron chi connectivity index (χ4n) is 1.82. The molecule has 1 aromatic heterocycles. The van der Waals surface area contributed by atoms with Crippen LogP contribution < -0.4 is 5.32 Å². The maximum atomic E-state index is 12.0. The monoisotopic (exact) mass is 388 g/mol. The molecule has 1 atom stereocenters. The number of thioether (sulfide) groups is 1. The Morgan fingerprint density at radius 3 is 2.61 bits per heavy atom. The highest BCUT2D eigenvalue weighted by molar-refractivity contribution is 7.99. The average Bonchev–Trinajstić information content (AvgIpc) is 2.52. The highest BCUT2D eigenvalue weighted by Crippen LogP contribution is 2.37. The van der Waals surface area contributed by atoms with Gasteiger partial charge in [-0.3, -0.25) is 9.78 Å². The number of rotatable bonds is 6. The molecule has 122 valence electrons. The van der Waals surface area contributed by atoms with E-state index in [1.165, 1.54) is 0 Å². The molecule has 0 saturated heterocycles. The summed E-state index contributed by atoms with van der Waals surface area (Å²) < 4.78 is 0. The number of hydrogen-bond donors (Lipinski definition) is 1. The molecule has 0 radical (unpaired) electrons. The lowest BCUT2D eigenvalue weighted by atomic mass is 10.2. The summed E-state index contributed by atoms with van der Waals surface area (Å²) in [6, 6.07) is 6.81. The summed E-state index contributed by atoms with van der Waals surface area (Å²) in [6.07, 6.45) is 3.18. The number of benzene rings is 1. The molecule has 1 N–H and O–H groups in total. The topological polar surface area (TPSA) is 42.0 Å². The van der Waals surface area contributed by atoms with Gasteiger partial charge in [0.2, 0.25) is 0 Å². The SMILES string of the molecule is CC(CNC(=O)c1cccnc1)CSc1c(Cl)cc(Cl)cc1Cl. The van der Waals surface area contributed by atoms with Gasteiger partial charge in [-0.05, 0) is 30.2 Å². The van der Waals surface area contributed by atoms with E-state index in [0.29, 0.717) is 27.2 Å². The highest BCUT2D eigenvalue weighted by Gasteiger charge is 2.12. The van der Waals surface area contributed by atoms with E-state index in [4.69, 9.17) is 34.8 Å². The molecule has 23 heavy (non-hydrogen) atoms. The molecule has 3 nitrogen and oxygen atoms in total. The van der Waals surface area contributed by atoms with Gasteiger partial charge in [-0.15, -0.1) is 11.8 Å². The van der Waals surface area contributed by atoms with Gasteiger partial charge in [-0.2, -0.15) is 0 Å². The molecule has 0 saturated carbocycles. The Hall–Kier alpha value is -0.940. The van der Waals surface area contributed by atoms with Crippen LogP contribution in [0.2, 0.25) is 15.1 Å². The summed E-state index contributed by atoms with van der Waals surface area (Å²) in [5.41, 5.74) is 0.552. The predicted octanol–water partition coefficient (Wildman–Crippen LogP) is 5.20. The third-order valence-corrected chi connectivity index (χ3v) is 5.51. The van der Waals surface area contributed by atoms with Crippen LogP contribution in [0.15, 0.2) is 41.6 Å². The highest BCUT2D eigenvalue weighted by atomic mass is 35.5. The molecule has 1 heterocycles. The van der Waals surface area contributed by atoms with Crippen LogP contribution in [-0.2, 0) is 0 Å². The van der Waals surface area contributed by atoms with Gasteiger partial charge in [0.25, 0.3) is 5.91 Å². The van der Waals surface area contributed by atoms with Crippen LogP contribution in [0.1, 0.15) is 17.3 Å². The number of nitrogens with one attached hydrogen (secondary N) is 1. The van der Waals surface area contributed by atoms with E-state index in [9.17, 15) is 4.79 Å². The van der Waals surface area contributed by atoms with Gasteiger partial charge in [0, 0.05) is 34.6 Å². The number of amides is 1. The average molecular weight is 390 g/mol. The second-order valence-electron chi connectivity index (χ2n) is 5.07. The zero-order valence-electron chi connectivity index (χ0n) is 12.4. The lowest BCUT2D eigenvalue weighted by molar-refractivity contribution is 0.0949. The molecule has 0 spiro atoms. The molecular weight excluding hydrogens is 375 g/mol. The Morgan fingerprint density at radius 2 is 2.00 bits per heavy atom.